The molecule has 2 amide bonds. The predicted molar refractivity (Wildman–Crippen MR) is 173 cm³/mol. The third-order valence-corrected chi connectivity index (χ3v) is 6.94. The number of amides is 2. The smallest absolute Gasteiger partial charge is 0.323 e. The number of carbonyl (C=O) groups excluding carboxylic acids is 1. The van der Waals surface area contributed by atoms with Gasteiger partial charge in [-0.15, -0.1) is 0 Å². The summed E-state index contributed by atoms with van der Waals surface area (Å²) < 4.78 is 16.2. The number of anilines is 4. The third kappa shape index (κ3) is 6.71. The quantitative estimate of drug-likeness (QED) is 0.167. The number of fused-ring (bicyclic) bond motifs is 1. The van der Waals surface area contributed by atoms with Crippen LogP contribution in [0.3, 0.4) is 0 Å². The van der Waals surface area contributed by atoms with Crippen molar-refractivity contribution in [3.63, 3.8) is 0 Å². The second-order valence-electron chi connectivity index (χ2n) is 10.6. The number of nitrogens with one attached hydrogen (secondary N) is 3. The first-order valence-corrected chi connectivity index (χ1v) is 14.2. The number of nitrogens with zero attached hydrogens (tertiary/aromatic N) is 5. The molecule has 0 unspecified atom stereocenters. The molecule has 0 aliphatic heterocycles. The molecular formula is C34H31FN8O. The minimum atomic E-state index is -0.405. The Morgan fingerprint density at radius 2 is 1.61 bits per heavy atom. The average Bonchev–Trinajstić information content (AvgIpc) is 3.40. The highest BCUT2D eigenvalue weighted by atomic mass is 19.1. The number of pyridine rings is 1. The first-order chi connectivity index (χ1) is 21.4. The number of halogens is 1. The van der Waals surface area contributed by atoms with Crippen molar-refractivity contribution in [2.75, 3.05) is 36.6 Å². The number of likely N-dealkylation sites (N-methyl/N-ethyl adjacent to an activating group) is 1. The van der Waals surface area contributed by atoms with E-state index in [0.29, 0.717) is 40.1 Å². The van der Waals surface area contributed by atoms with Crippen LogP contribution in [-0.2, 0) is 6.42 Å². The highest BCUT2D eigenvalue weighted by molar-refractivity contribution is 6.00. The van der Waals surface area contributed by atoms with Crippen LogP contribution in [-0.4, -0.2) is 50.9 Å². The fraction of sp³-hybridized carbons (Fsp3) is 0.118. The molecule has 3 heterocycles. The highest BCUT2D eigenvalue weighted by Gasteiger charge is 2.19. The predicted octanol–water partition coefficient (Wildman–Crippen LogP) is 7.09. The molecule has 3 N–H and O–H groups in total. The van der Waals surface area contributed by atoms with Gasteiger partial charge in [0.05, 0.1) is 17.1 Å². The number of hydrogen-bond donors (Lipinski definition) is 3. The van der Waals surface area contributed by atoms with Crippen LogP contribution in [0.25, 0.3) is 28.3 Å². The van der Waals surface area contributed by atoms with E-state index in [1.807, 2.05) is 60.7 Å². The van der Waals surface area contributed by atoms with Crippen LogP contribution in [0.2, 0.25) is 0 Å². The third-order valence-electron chi connectivity index (χ3n) is 6.94. The molecule has 0 saturated carbocycles. The van der Waals surface area contributed by atoms with E-state index >= 15 is 0 Å². The fourth-order valence-electron chi connectivity index (χ4n) is 4.86. The summed E-state index contributed by atoms with van der Waals surface area (Å²) in [6.07, 6.45) is 3.97. The maximum atomic E-state index is 14.5. The molecule has 0 radical (unpaired) electrons. The number of rotatable bonds is 9. The summed E-state index contributed by atoms with van der Waals surface area (Å²) in [5, 5.41) is 9.00. The van der Waals surface area contributed by atoms with Gasteiger partial charge in [0.1, 0.15) is 11.5 Å². The number of imidazole rings is 1. The van der Waals surface area contributed by atoms with Crippen LogP contribution in [0.1, 0.15) is 5.56 Å². The van der Waals surface area contributed by atoms with E-state index in [-0.39, 0.29) is 6.03 Å². The van der Waals surface area contributed by atoms with Gasteiger partial charge in [0, 0.05) is 41.6 Å². The average molecular weight is 587 g/mol. The zero-order valence-corrected chi connectivity index (χ0v) is 24.3. The van der Waals surface area contributed by atoms with E-state index < -0.39 is 5.82 Å². The SMILES string of the molecule is CN(C)CCc1cccc(Nc2nccc(-c3c(-c4cccc(NC(=O)Nc5ccccc5)c4)nc4ccc(F)cn34)n2)c1. The summed E-state index contributed by atoms with van der Waals surface area (Å²) in [4.78, 5) is 28.9. The number of carbonyl (C=O) groups is 1. The van der Waals surface area contributed by atoms with Gasteiger partial charge in [0.2, 0.25) is 5.95 Å². The van der Waals surface area contributed by atoms with Crippen LogP contribution in [0.15, 0.2) is 109 Å². The lowest BCUT2D eigenvalue weighted by Crippen LogP contribution is -2.19. The summed E-state index contributed by atoms with van der Waals surface area (Å²) in [6, 6.07) is 29.1. The molecule has 6 rings (SSSR count). The Morgan fingerprint density at radius 3 is 2.45 bits per heavy atom. The van der Waals surface area contributed by atoms with Crippen LogP contribution < -0.4 is 16.0 Å². The highest BCUT2D eigenvalue weighted by Crippen LogP contribution is 2.34. The van der Waals surface area contributed by atoms with Gasteiger partial charge in [-0.05, 0) is 80.7 Å². The van der Waals surface area contributed by atoms with E-state index in [0.717, 1.165) is 24.2 Å². The number of urea groups is 1. The standard InChI is InChI=1S/C34H31FN8O/c1-42(2)19-17-23-8-6-12-27(20-23)37-33-36-18-16-29(40-33)32-31(41-30-15-14-25(35)22-43(30)32)24-9-7-13-28(21-24)39-34(44)38-26-10-4-3-5-11-26/h3-16,18,20-22H,17,19H2,1-2H3,(H,36,37,40)(H2,38,39,44). The molecule has 0 bridgehead atoms. The second kappa shape index (κ2) is 12.7. The van der Waals surface area contributed by atoms with Crippen molar-refractivity contribution in [3.05, 3.63) is 121 Å². The number of para-hydroxylation sites is 1. The Hall–Kier alpha value is -5.61. The Balaban J connectivity index is 1.32. The molecule has 6 aromatic rings. The van der Waals surface area contributed by atoms with Crippen LogP contribution in [0.5, 0.6) is 0 Å². The molecule has 0 aliphatic carbocycles. The maximum absolute atomic E-state index is 14.5. The molecule has 10 heteroatoms. The lowest BCUT2D eigenvalue weighted by atomic mass is 10.1. The molecule has 3 aromatic carbocycles. The lowest BCUT2D eigenvalue weighted by Gasteiger charge is -2.12. The minimum Gasteiger partial charge on any atom is -0.324 e. The van der Waals surface area contributed by atoms with E-state index in [9.17, 15) is 9.18 Å². The summed E-state index contributed by atoms with van der Waals surface area (Å²) in [5.74, 6) is -0.00444. The first-order valence-electron chi connectivity index (χ1n) is 14.2. The van der Waals surface area contributed by atoms with E-state index in [1.165, 1.54) is 17.8 Å². The summed E-state index contributed by atoms with van der Waals surface area (Å²) >= 11 is 0. The summed E-state index contributed by atoms with van der Waals surface area (Å²) in [5.41, 5.74) is 6.33. The van der Waals surface area contributed by atoms with Gasteiger partial charge in [0.25, 0.3) is 0 Å². The monoisotopic (exact) mass is 586 g/mol. The molecule has 0 atom stereocenters. The van der Waals surface area contributed by atoms with E-state index in [4.69, 9.17) is 9.97 Å². The van der Waals surface area contributed by atoms with E-state index in [1.54, 1.807) is 28.8 Å². The zero-order chi connectivity index (χ0) is 30.5. The minimum absolute atomic E-state index is 0.372. The topological polar surface area (TPSA) is 99.5 Å². The Labute approximate surface area is 254 Å². The fourth-order valence-corrected chi connectivity index (χ4v) is 4.86. The molecule has 3 aromatic heterocycles. The van der Waals surface area contributed by atoms with Gasteiger partial charge in [-0.25, -0.2) is 24.1 Å². The molecule has 0 fully saturated rings. The van der Waals surface area contributed by atoms with E-state index in [2.05, 4.69) is 52.1 Å². The number of aromatic nitrogens is 4. The van der Waals surface area contributed by atoms with Crippen LogP contribution in [0.4, 0.5) is 32.2 Å². The number of hydrogen-bond acceptors (Lipinski definition) is 6. The largest absolute Gasteiger partial charge is 0.324 e. The molecule has 0 aliphatic rings. The van der Waals surface area contributed by atoms with Crippen molar-refractivity contribution < 1.29 is 9.18 Å². The van der Waals surface area contributed by atoms with Crippen molar-refractivity contribution in [2.45, 2.75) is 6.42 Å². The molecule has 220 valence electrons. The lowest BCUT2D eigenvalue weighted by molar-refractivity contribution is 0.262. The van der Waals surface area contributed by atoms with Crippen molar-refractivity contribution in [1.29, 1.82) is 0 Å². The van der Waals surface area contributed by atoms with Crippen molar-refractivity contribution >= 4 is 34.7 Å². The normalized spacial score (nSPS) is 11.1. The van der Waals surface area contributed by atoms with Crippen LogP contribution in [0, 0.1) is 5.82 Å². The van der Waals surface area contributed by atoms with Gasteiger partial charge < -0.3 is 20.9 Å². The molecule has 44 heavy (non-hydrogen) atoms. The summed E-state index contributed by atoms with van der Waals surface area (Å²) in [7, 11) is 4.11. The van der Waals surface area contributed by atoms with Gasteiger partial charge in [-0.1, -0.05) is 42.5 Å². The Morgan fingerprint density at radius 1 is 0.841 bits per heavy atom. The van der Waals surface area contributed by atoms with Gasteiger partial charge >= 0.3 is 6.03 Å². The zero-order valence-electron chi connectivity index (χ0n) is 24.3. The van der Waals surface area contributed by atoms with Crippen molar-refractivity contribution in [3.8, 4) is 22.6 Å². The Kier molecular flexibility index (Phi) is 8.24. The van der Waals surface area contributed by atoms with Gasteiger partial charge in [-0.3, -0.25) is 4.40 Å². The summed E-state index contributed by atoms with van der Waals surface area (Å²) in [6.45, 7) is 0.942. The van der Waals surface area contributed by atoms with Crippen molar-refractivity contribution in [1.82, 2.24) is 24.3 Å². The molecule has 0 spiro atoms. The molecule has 9 nitrogen and oxygen atoms in total. The Bertz CT molecular complexity index is 1920. The maximum Gasteiger partial charge on any atom is 0.323 e. The van der Waals surface area contributed by atoms with Gasteiger partial charge in [0.15, 0.2) is 0 Å². The van der Waals surface area contributed by atoms with Gasteiger partial charge in [-0.2, -0.15) is 0 Å². The second-order valence-corrected chi connectivity index (χ2v) is 10.6. The number of benzene rings is 3. The van der Waals surface area contributed by atoms with Crippen LogP contribution >= 0.6 is 0 Å². The van der Waals surface area contributed by atoms with Crippen molar-refractivity contribution in [2.24, 2.45) is 0 Å². The molecular weight excluding hydrogens is 555 g/mol. The molecule has 0 saturated heterocycles. The first kappa shape index (κ1) is 28.5.